The third-order valence-corrected chi connectivity index (χ3v) is 13.3. The predicted molar refractivity (Wildman–Crippen MR) is 269 cm³/mol. The number of aromatic amines is 1. The second-order valence-electron chi connectivity index (χ2n) is 18.2. The number of H-pyrrole nitrogens is 1. The molecule has 8 heterocycles. The lowest BCUT2D eigenvalue weighted by molar-refractivity contribution is -0.133. The van der Waals surface area contributed by atoms with Crippen molar-refractivity contribution < 1.29 is 38.0 Å². The summed E-state index contributed by atoms with van der Waals surface area (Å²) < 4.78 is 35.7. The lowest BCUT2D eigenvalue weighted by atomic mass is 9.97. The number of benzene rings is 1. The van der Waals surface area contributed by atoms with E-state index in [0.29, 0.717) is 141 Å². The van der Waals surface area contributed by atoms with Crippen LogP contribution in [0.3, 0.4) is 0 Å². The summed E-state index contributed by atoms with van der Waals surface area (Å²) in [4.78, 5) is 59.7. The van der Waals surface area contributed by atoms with Crippen molar-refractivity contribution in [3.63, 3.8) is 0 Å². The molecule has 1 aromatic carbocycles. The van der Waals surface area contributed by atoms with Gasteiger partial charge in [0.05, 0.1) is 103 Å². The molecule has 0 saturated carbocycles. The van der Waals surface area contributed by atoms with Crippen molar-refractivity contribution in [2.45, 2.75) is 58.7 Å². The number of nitrogen functional groups attached to an aromatic ring is 1. The van der Waals surface area contributed by atoms with Gasteiger partial charge in [0.1, 0.15) is 23.5 Å². The Hall–Kier alpha value is -6.36. The van der Waals surface area contributed by atoms with E-state index >= 15 is 0 Å². The van der Waals surface area contributed by atoms with Crippen molar-refractivity contribution in [2.75, 3.05) is 129 Å². The summed E-state index contributed by atoms with van der Waals surface area (Å²) >= 11 is 0. The lowest BCUT2D eigenvalue weighted by Crippen LogP contribution is -2.48. The van der Waals surface area contributed by atoms with E-state index in [4.69, 9.17) is 44.2 Å². The quantitative estimate of drug-likeness (QED) is 0.0764. The van der Waals surface area contributed by atoms with Crippen molar-refractivity contribution in [1.82, 2.24) is 54.4 Å². The van der Waals surface area contributed by atoms with Crippen molar-refractivity contribution >= 4 is 45.8 Å². The molecular formula is C51H67N13O8. The first kappa shape index (κ1) is 50.6. The summed E-state index contributed by atoms with van der Waals surface area (Å²) in [5.41, 5.74) is 14.8. The third kappa shape index (κ3) is 13.2. The smallest absolute Gasteiger partial charge is 0.410 e. The number of fused-ring (bicyclic) bond motifs is 4. The highest BCUT2D eigenvalue weighted by molar-refractivity contribution is 5.99. The zero-order valence-electron chi connectivity index (χ0n) is 41.3. The first-order valence-electron chi connectivity index (χ1n) is 25.3. The van der Waals surface area contributed by atoms with E-state index in [1.54, 1.807) is 11.1 Å². The van der Waals surface area contributed by atoms with Crippen LogP contribution in [0.4, 0.5) is 16.6 Å². The SMILES string of the molecule is CCCCOC(=O)N1CCc2nc(N3CCN(CCOCCOCCOCCOCCOCCC(=O)N4CCc5cc(Cn6nc(-c7cnc8[nH]ccc8c7)c7c(N)ncnc76)ccc5C4)CC3)ncc2C1. The highest BCUT2D eigenvalue weighted by atomic mass is 16.6. The number of carbonyl (C=O) groups excluding carboxylic acids is 2. The van der Waals surface area contributed by atoms with Gasteiger partial charge in [0.15, 0.2) is 5.65 Å². The first-order valence-corrected chi connectivity index (χ1v) is 25.3. The number of nitrogens with two attached hydrogens (primary N) is 1. The van der Waals surface area contributed by atoms with Gasteiger partial charge in [-0.2, -0.15) is 5.10 Å². The minimum atomic E-state index is -0.256. The number of piperazine rings is 1. The second-order valence-corrected chi connectivity index (χ2v) is 18.2. The number of ether oxygens (including phenoxy) is 6. The van der Waals surface area contributed by atoms with Gasteiger partial charge in [-0.1, -0.05) is 31.5 Å². The average molecular weight is 990 g/mol. The van der Waals surface area contributed by atoms with Gasteiger partial charge >= 0.3 is 6.09 Å². The summed E-state index contributed by atoms with van der Waals surface area (Å²) in [7, 11) is 0. The number of hydrogen-bond acceptors (Lipinski definition) is 17. The highest BCUT2D eigenvalue weighted by Crippen LogP contribution is 2.32. The van der Waals surface area contributed by atoms with Gasteiger partial charge < -0.3 is 53.8 Å². The molecule has 6 aromatic rings. The van der Waals surface area contributed by atoms with Gasteiger partial charge in [0, 0.05) is 93.9 Å². The Morgan fingerprint density at radius 1 is 0.722 bits per heavy atom. The fraction of sp³-hybridized carbons (Fsp3) is 0.529. The number of amides is 2. The Morgan fingerprint density at radius 2 is 1.46 bits per heavy atom. The van der Waals surface area contributed by atoms with Crippen LogP contribution >= 0.6 is 0 Å². The zero-order chi connectivity index (χ0) is 49.5. The molecule has 5 aromatic heterocycles. The predicted octanol–water partition coefficient (Wildman–Crippen LogP) is 4.26. The summed E-state index contributed by atoms with van der Waals surface area (Å²) in [6.07, 6.45) is 10.4. The number of pyridine rings is 1. The maximum Gasteiger partial charge on any atom is 0.410 e. The van der Waals surface area contributed by atoms with Gasteiger partial charge in [0.2, 0.25) is 11.9 Å². The maximum absolute atomic E-state index is 13.1. The van der Waals surface area contributed by atoms with Crippen molar-refractivity contribution in [1.29, 1.82) is 0 Å². The largest absolute Gasteiger partial charge is 0.449 e. The molecule has 3 aliphatic heterocycles. The van der Waals surface area contributed by atoms with Gasteiger partial charge in [-0.05, 0) is 41.7 Å². The van der Waals surface area contributed by atoms with E-state index in [1.165, 1.54) is 11.9 Å². The Balaban J connectivity index is 0.565. The molecule has 9 rings (SSSR count). The molecular weight excluding hydrogens is 923 g/mol. The van der Waals surface area contributed by atoms with E-state index < -0.39 is 0 Å². The number of carbonyl (C=O) groups is 2. The standard InChI is InChI=1S/C51H67N13O8/c1-2-3-18-72-51(66)63-12-8-43-42(35-63)32-55-50(58-43)61-15-13-60(14-16-61)17-20-68-22-24-70-26-28-71-27-25-69-23-21-67-19-9-44(65)62-11-7-38-29-37(4-5-40(38)34-62)33-64-49-45(47(52)56-36-57-49)46(59-64)41-30-39-6-10-53-48(39)54-31-41/h4-6,10,29-32,36H,2-3,7-9,11-28,33-35H2,1H3,(H,53,54)(H2,52,56,57). The van der Waals surface area contributed by atoms with Crippen LogP contribution in [-0.4, -0.2) is 185 Å². The number of anilines is 2. The van der Waals surface area contributed by atoms with E-state index in [1.807, 2.05) is 34.1 Å². The molecule has 21 nitrogen and oxygen atoms in total. The van der Waals surface area contributed by atoms with Gasteiger partial charge in [-0.25, -0.2) is 34.4 Å². The molecule has 72 heavy (non-hydrogen) atoms. The first-order chi connectivity index (χ1) is 35.4. The summed E-state index contributed by atoms with van der Waals surface area (Å²) in [6.45, 7) is 14.6. The van der Waals surface area contributed by atoms with Crippen LogP contribution in [0.15, 0.2) is 55.2 Å². The normalized spacial score (nSPS) is 15.1. The second kappa shape index (κ2) is 25.3. The molecule has 2 amide bonds. The molecule has 1 fully saturated rings. The number of nitrogens with zero attached hydrogens (tertiary/aromatic N) is 11. The van der Waals surface area contributed by atoms with Crippen molar-refractivity contribution in [3.05, 3.63) is 83.2 Å². The van der Waals surface area contributed by atoms with Crippen LogP contribution in [0.1, 0.15) is 54.1 Å². The van der Waals surface area contributed by atoms with E-state index in [2.05, 4.69) is 59.8 Å². The minimum absolute atomic E-state index is 0.0793. The molecule has 0 radical (unpaired) electrons. The Bertz CT molecular complexity index is 2730. The number of nitrogens with one attached hydrogen (secondary N) is 1. The van der Waals surface area contributed by atoms with Crippen LogP contribution in [0.2, 0.25) is 0 Å². The van der Waals surface area contributed by atoms with E-state index in [9.17, 15) is 9.59 Å². The van der Waals surface area contributed by atoms with Crippen LogP contribution in [0, 0.1) is 0 Å². The van der Waals surface area contributed by atoms with Crippen LogP contribution in [0.25, 0.3) is 33.3 Å². The minimum Gasteiger partial charge on any atom is -0.449 e. The number of rotatable bonds is 25. The molecule has 3 N–H and O–H groups in total. The Labute approximate surface area is 419 Å². The van der Waals surface area contributed by atoms with Gasteiger partial charge in [-0.3, -0.25) is 9.69 Å². The van der Waals surface area contributed by atoms with E-state index in [-0.39, 0.29) is 12.0 Å². The number of unbranched alkanes of at least 4 members (excludes halogenated alkanes) is 1. The van der Waals surface area contributed by atoms with Crippen LogP contribution < -0.4 is 10.6 Å². The Morgan fingerprint density at radius 3 is 2.24 bits per heavy atom. The van der Waals surface area contributed by atoms with Gasteiger partial charge in [-0.15, -0.1) is 0 Å². The zero-order valence-corrected chi connectivity index (χ0v) is 41.3. The molecule has 21 heteroatoms. The molecule has 1 saturated heterocycles. The monoisotopic (exact) mass is 990 g/mol. The summed E-state index contributed by atoms with van der Waals surface area (Å²) in [5.74, 6) is 1.21. The van der Waals surface area contributed by atoms with Crippen LogP contribution in [-0.2, 0) is 65.7 Å². The maximum atomic E-state index is 13.1. The number of aromatic nitrogens is 8. The van der Waals surface area contributed by atoms with E-state index in [0.717, 1.165) is 96.9 Å². The summed E-state index contributed by atoms with van der Waals surface area (Å²) in [5, 5.41) is 6.63. The molecule has 3 aliphatic rings. The third-order valence-electron chi connectivity index (χ3n) is 13.3. The molecule has 0 aliphatic carbocycles. The van der Waals surface area contributed by atoms with Gasteiger partial charge in [0.25, 0.3) is 0 Å². The number of hydrogen-bond donors (Lipinski definition) is 2. The average Bonchev–Trinajstić information content (AvgIpc) is 4.04. The molecule has 0 unspecified atom stereocenters. The fourth-order valence-corrected chi connectivity index (χ4v) is 9.18. The lowest BCUT2D eigenvalue weighted by Gasteiger charge is -2.35. The van der Waals surface area contributed by atoms with Crippen molar-refractivity contribution in [3.8, 4) is 11.3 Å². The topological polar surface area (TPSA) is 227 Å². The highest BCUT2D eigenvalue weighted by Gasteiger charge is 2.26. The van der Waals surface area contributed by atoms with Crippen molar-refractivity contribution in [2.24, 2.45) is 0 Å². The summed E-state index contributed by atoms with van der Waals surface area (Å²) in [6, 6.07) is 10.4. The molecule has 0 bridgehead atoms. The molecule has 0 atom stereocenters. The molecule has 384 valence electrons. The fourth-order valence-electron chi connectivity index (χ4n) is 9.18. The van der Waals surface area contributed by atoms with Crippen LogP contribution in [0.5, 0.6) is 0 Å². The Kier molecular flexibility index (Phi) is 17.8. The molecule has 0 spiro atoms.